The van der Waals surface area contributed by atoms with E-state index in [4.69, 9.17) is 4.74 Å². The van der Waals surface area contributed by atoms with E-state index in [9.17, 15) is 9.59 Å². The van der Waals surface area contributed by atoms with Gasteiger partial charge in [-0.3, -0.25) is 9.59 Å². The average molecular weight is 373 g/mol. The predicted molar refractivity (Wildman–Crippen MR) is 101 cm³/mol. The fraction of sp³-hybridized carbons (Fsp3) is 0.421. The van der Waals surface area contributed by atoms with E-state index in [0.717, 1.165) is 16.3 Å². The highest BCUT2D eigenvalue weighted by Gasteiger charge is 2.29. The summed E-state index contributed by atoms with van der Waals surface area (Å²) in [6.45, 7) is 5.75. The molecule has 2 amide bonds. The van der Waals surface area contributed by atoms with E-state index < -0.39 is 0 Å². The van der Waals surface area contributed by atoms with Crippen molar-refractivity contribution in [1.29, 1.82) is 0 Å². The molecule has 0 radical (unpaired) electrons. The van der Waals surface area contributed by atoms with Gasteiger partial charge in [0.1, 0.15) is 18.0 Å². The predicted octanol–water partition coefficient (Wildman–Crippen LogP) is 2.76. The van der Waals surface area contributed by atoms with Gasteiger partial charge in [0.05, 0.1) is 12.1 Å². The van der Waals surface area contributed by atoms with Gasteiger partial charge in [0.25, 0.3) is 5.91 Å². The highest BCUT2D eigenvalue weighted by Crippen LogP contribution is 2.21. The minimum absolute atomic E-state index is 0.0493. The summed E-state index contributed by atoms with van der Waals surface area (Å²) in [7, 11) is 1.62. The molecule has 7 heteroatoms. The summed E-state index contributed by atoms with van der Waals surface area (Å²) in [6.07, 6.45) is 0. The first-order chi connectivity index (χ1) is 12.5. The average Bonchev–Trinajstić information content (AvgIpc) is 3.13. The highest BCUT2D eigenvalue weighted by molar-refractivity contribution is 7.09. The summed E-state index contributed by atoms with van der Waals surface area (Å²) in [5.41, 5.74) is 1.45. The van der Waals surface area contributed by atoms with Gasteiger partial charge in [0, 0.05) is 30.9 Å². The quantitative estimate of drug-likeness (QED) is 0.808. The Kier molecular flexibility index (Phi) is 5.56. The molecule has 6 nitrogen and oxygen atoms in total. The Morgan fingerprint density at radius 2 is 2.15 bits per heavy atom. The number of hydrogen-bond acceptors (Lipinski definition) is 5. The van der Waals surface area contributed by atoms with Crippen LogP contribution in [0.5, 0.6) is 5.75 Å². The Labute approximate surface area is 157 Å². The summed E-state index contributed by atoms with van der Waals surface area (Å²) in [4.78, 5) is 32.9. The lowest BCUT2D eigenvalue weighted by molar-refractivity contribution is -0.135. The minimum atomic E-state index is -0.164. The van der Waals surface area contributed by atoms with Gasteiger partial charge >= 0.3 is 0 Å². The number of carbonyl (C=O) groups excluding carboxylic acids is 2. The summed E-state index contributed by atoms with van der Waals surface area (Å²) in [6, 6.07) is 7.68. The highest BCUT2D eigenvalue weighted by atomic mass is 32.1. The lowest BCUT2D eigenvalue weighted by Gasteiger charge is -2.34. The van der Waals surface area contributed by atoms with Crippen LogP contribution in [0.3, 0.4) is 0 Å². The van der Waals surface area contributed by atoms with E-state index in [1.807, 2.05) is 38.1 Å². The summed E-state index contributed by atoms with van der Waals surface area (Å²) in [5, 5.41) is 2.72. The second-order valence-electron chi connectivity index (χ2n) is 6.62. The fourth-order valence-electron chi connectivity index (χ4n) is 2.85. The molecule has 2 aromatic rings. The van der Waals surface area contributed by atoms with Crippen LogP contribution in [0.2, 0.25) is 0 Å². The molecule has 1 aromatic heterocycles. The SMILES string of the molecule is COc1cccc(CN2CCN(C(=O)c3csc(C(C)C)n3)CC2=O)c1. The van der Waals surface area contributed by atoms with Gasteiger partial charge in [-0.2, -0.15) is 0 Å². The second kappa shape index (κ2) is 7.86. The van der Waals surface area contributed by atoms with Crippen molar-refractivity contribution in [2.24, 2.45) is 0 Å². The number of thiazole rings is 1. The topological polar surface area (TPSA) is 62.7 Å². The van der Waals surface area contributed by atoms with Gasteiger partial charge in [-0.25, -0.2) is 4.98 Å². The summed E-state index contributed by atoms with van der Waals surface area (Å²) in [5.74, 6) is 0.852. The third kappa shape index (κ3) is 4.04. The van der Waals surface area contributed by atoms with Gasteiger partial charge < -0.3 is 14.5 Å². The molecule has 26 heavy (non-hydrogen) atoms. The van der Waals surface area contributed by atoms with E-state index in [2.05, 4.69) is 4.98 Å². The van der Waals surface area contributed by atoms with Crippen LogP contribution in [0.4, 0.5) is 0 Å². The summed E-state index contributed by atoms with van der Waals surface area (Å²) >= 11 is 1.49. The minimum Gasteiger partial charge on any atom is -0.497 e. The molecule has 0 bridgehead atoms. The number of nitrogens with zero attached hydrogens (tertiary/aromatic N) is 3. The molecule has 138 valence electrons. The van der Waals surface area contributed by atoms with Crippen molar-refractivity contribution in [3.05, 3.63) is 45.9 Å². The number of rotatable bonds is 5. The molecule has 1 aliphatic heterocycles. The van der Waals surface area contributed by atoms with Crippen LogP contribution < -0.4 is 4.74 Å². The molecule has 3 rings (SSSR count). The first kappa shape index (κ1) is 18.4. The maximum Gasteiger partial charge on any atom is 0.273 e. The number of aromatic nitrogens is 1. The molecule has 1 saturated heterocycles. The lowest BCUT2D eigenvalue weighted by atomic mass is 10.2. The van der Waals surface area contributed by atoms with Crippen LogP contribution in [-0.4, -0.2) is 53.3 Å². The maximum absolute atomic E-state index is 12.6. The van der Waals surface area contributed by atoms with E-state index in [1.54, 1.807) is 22.3 Å². The third-order valence-electron chi connectivity index (χ3n) is 4.35. The number of hydrogen-bond donors (Lipinski definition) is 0. The molecular weight excluding hydrogens is 350 g/mol. The van der Waals surface area contributed by atoms with Crippen LogP contribution in [0.1, 0.15) is 40.8 Å². The molecule has 1 aromatic carbocycles. The zero-order valence-electron chi connectivity index (χ0n) is 15.3. The van der Waals surface area contributed by atoms with Gasteiger partial charge in [-0.15, -0.1) is 11.3 Å². The van der Waals surface area contributed by atoms with Crippen LogP contribution >= 0.6 is 11.3 Å². The number of carbonyl (C=O) groups is 2. The van der Waals surface area contributed by atoms with Crippen molar-refractivity contribution in [1.82, 2.24) is 14.8 Å². The molecule has 0 atom stereocenters. The normalized spacial score (nSPS) is 14.8. The molecule has 0 aliphatic carbocycles. The molecule has 0 N–H and O–H groups in total. The zero-order valence-corrected chi connectivity index (χ0v) is 16.1. The summed E-state index contributed by atoms with van der Waals surface area (Å²) < 4.78 is 5.22. The Hall–Kier alpha value is -2.41. The largest absolute Gasteiger partial charge is 0.497 e. The first-order valence-corrected chi connectivity index (χ1v) is 9.51. The molecule has 1 aliphatic rings. The van der Waals surface area contributed by atoms with Gasteiger partial charge in [0.15, 0.2) is 0 Å². The van der Waals surface area contributed by atoms with Gasteiger partial charge in [-0.05, 0) is 17.7 Å². The van der Waals surface area contributed by atoms with Crippen LogP contribution in [0.15, 0.2) is 29.6 Å². The van der Waals surface area contributed by atoms with E-state index in [-0.39, 0.29) is 18.4 Å². The number of benzene rings is 1. The van der Waals surface area contributed by atoms with Crippen molar-refractivity contribution >= 4 is 23.2 Å². The Balaban J connectivity index is 1.62. The third-order valence-corrected chi connectivity index (χ3v) is 5.49. The van der Waals surface area contributed by atoms with Crippen LogP contribution in [0.25, 0.3) is 0 Å². The molecule has 0 spiro atoms. The van der Waals surface area contributed by atoms with Crippen molar-refractivity contribution in [2.75, 3.05) is 26.7 Å². The smallest absolute Gasteiger partial charge is 0.273 e. The monoisotopic (exact) mass is 373 g/mol. The van der Waals surface area contributed by atoms with E-state index in [0.29, 0.717) is 31.2 Å². The number of amides is 2. The van der Waals surface area contributed by atoms with Crippen molar-refractivity contribution < 1.29 is 14.3 Å². The molecule has 2 heterocycles. The van der Waals surface area contributed by atoms with Gasteiger partial charge in [0.2, 0.25) is 5.91 Å². The zero-order chi connectivity index (χ0) is 18.7. The molecule has 0 saturated carbocycles. The molecule has 1 fully saturated rings. The standard InChI is InChI=1S/C19H23N3O3S/c1-13(2)18-20-16(12-26-18)19(24)22-8-7-21(17(23)11-22)10-14-5-4-6-15(9-14)25-3/h4-6,9,12-13H,7-8,10-11H2,1-3H3. The number of methoxy groups -OCH3 is 1. The Morgan fingerprint density at radius 3 is 2.81 bits per heavy atom. The number of piperazine rings is 1. The fourth-order valence-corrected chi connectivity index (χ4v) is 3.66. The van der Waals surface area contributed by atoms with Gasteiger partial charge in [-0.1, -0.05) is 26.0 Å². The van der Waals surface area contributed by atoms with Crippen molar-refractivity contribution in [3.8, 4) is 5.75 Å². The van der Waals surface area contributed by atoms with E-state index in [1.165, 1.54) is 11.3 Å². The van der Waals surface area contributed by atoms with Crippen LogP contribution in [0, 0.1) is 0 Å². The van der Waals surface area contributed by atoms with E-state index >= 15 is 0 Å². The van der Waals surface area contributed by atoms with Crippen LogP contribution in [-0.2, 0) is 11.3 Å². The Morgan fingerprint density at radius 1 is 1.35 bits per heavy atom. The first-order valence-electron chi connectivity index (χ1n) is 8.63. The Bertz CT molecular complexity index is 803. The lowest BCUT2D eigenvalue weighted by Crippen LogP contribution is -2.51. The molecule has 0 unspecified atom stereocenters. The van der Waals surface area contributed by atoms with Crippen molar-refractivity contribution in [2.45, 2.75) is 26.3 Å². The second-order valence-corrected chi connectivity index (χ2v) is 7.51. The number of ether oxygens (including phenoxy) is 1. The van der Waals surface area contributed by atoms with Crippen molar-refractivity contribution in [3.63, 3.8) is 0 Å². The molecular formula is C19H23N3O3S. The maximum atomic E-state index is 12.6.